The highest BCUT2D eigenvalue weighted by atomic mass is 35.5. The molecule has 0 aliphatic rings. The number of anilines is 1. The van der Waals surface area contributed by atoms with Crippen molar-refractivity contribution >= 4 is 44.9 Å². The molecule has 9 heteroatoms. The molecule has 0 heterocycles. The van der Waals surface area contributed by atoms with Crippen LogP contribution < -0.4 is 4.31 Å². The van der Waals surface area contributed by atoms with Crippen LogP contribution in [0.2, 0.25) is 10.0 Å². The van der Waals surface area contributed by atoms with E-state index in [9.17, 15) is 17.6 Å². The average Bonchev–Trinajstić information content (AvgIpc) is 2.51. The third-order valence-electron chi connectivity index (χ3n) is 3.04. The summed E-state index contributed by atoms with van der Waals surface area (Å²) >= 11 is 11.8. The Bertz CT molecular complexity index is 836. The molecule has 0 spiro atoms. The number of carbonyl (C=O) groups excluding carboxylic acids is 1. The number of hydrogen-bond donors (Lipinski definition) is 0. The van der Waals surface area contributed by atoms with Gasteiger partial charge in [0.15, 0.2) is 0 Å². The molecule has 128 valence electrons. The lowest BCUT2D eigenvalue weighted by Gasteiger charge is -2.23. The zero-order valence-electron chi connectivity index (χ0n) is 12.4. The Labute approximate surface area is 148 Å². The molecule has 0 aliphatic heterocycles. The summed E-state index contributed by atoms with van der Waals surface area (Å²) in [6.07, 6.45) is 0. The van der Waals surface area contributed by atoms with Crippen molar-refractivity contribution in [2.45, 2.75) is 4.90 Å². The minimum Gasteiger partial charge on any atom is -0.468 e. The SMILES string of the molecule is COC(=O)CN(c1cc(Cl)cc(Cl)c1)S(=O)(=O)c1ccc(F)cc1. The van der Waals surface area contributed by atoms with Crippen molar-refractivity contribution in [3.8, 4) is 0 Å². The first-order valence-corrected chi connectivity index (χ1v) is 8.75. The molecular formula is C15H12Cl2FNO4S. The molecule has 0 saturated carbocycles. The number of halogens is 3. The van der Waals surface area contributed by atoms with E-state index in [2.05, 4.69) is 4.74 Å². The Balaban J connectivity index is 2.56. The molecule has 0 radical (unpaired) electrons. The van der Waals surface area contributed by atoms with Gasteiger partial charge in [-0.15, -0.1) is 0 Å². The van der Waals surface area contributed by atoms with Crippen molar-refractivity contribution in [3.05, 3.63) is 58.3 Å². The first kappa shape index (κ1) is 18.5. The zero-order valence-corrected chi connectivity index (χ0v) is 14.7. The van der Waals surface area contributed by atoms with E-state index >= 15 is 0 Å². The van der Waals surface area contributed by atoms with Gasteiger partial charge in [0.25, 0.3) is 10.0 Å². The van der Waals surface area contributed by atoms with Crippen molar-refractivity contribution in [1.29, 1.82) is 0 Å². The molecule has 2 rings (SSSR count). The van der Waals surface area contributed by atoms with Gasteiger partial charge in [-0.2, -0.15) is 0 Å². The standard InChI is InChI=1S/C15H12Cl2FNO4S/c1-23-15(20)9-19(13-7-10(16)6-11(17)8-13)24(21,22)14-4-2-12(18)3-5-14/h2-8H,9H2,1H3. The van der Waals surface area contributed by atoms with Crippen LogP contribution in [0.15, 0.2) is 47.4 Å². The Morgan fingerprint density at radius 2 is 1.67 bits per heavy atom. The van der Waals surface area contributed by atoms with Gasteiger partial charge >= 0.3 is 5.97 Å². The Morgan fingerprint density at radius 1 is 1.12 bits per heavy atom. The predicted octanol–water partition coefficient (Wildman–Crippen LogP) is 3.50. The van der Waals surface area contributed by atoms with Crippen LogP contribution in [0.4, 0.5) is 10.1 Å². The minimum atomic E-state index is -4.16. The first-order valence-electron chi connectivity index (χ1n) is 6.55. The van der Waals surface area contributed by atoms with Gasteiger partial charge in [0.05, 0.1) is 17.7 Å². The molecule has 5 nitrogen and oxygen atoms in total. The molecule has 0 saturated heterocycles. The van der Waals surface area contributed by atoms with E-state index < -0.39 is 28.4 Å². The van der Waals surface area contributed by atoms with Crippen molar-refractivity contribution in [2.24, 2.45) is 0 Å². The number of esters is 1. The Morgan fingerprint density at radius 3 is 2.17 bits per heavy atom. The molecule has 0 atom stereocenters. The number of nitrogens with zero attached hydrogens (tertiary/aromatic N) is 1. The van der Waals surface area contributed by atoms with Gasteiger partial charge in [-0.25, -0.2) is 12.8 Å². The zero-order chi connectivity index (χ0) is 17.9. The second kappa shape index (κ2) is 7.38. The third kappa shape index (κ3) is 4.17. The van der Waals surface area contributed by atoms with Crippen molar-refractivity contribution in [3.63, 3.8) is 0 Å². The van der Waals surface area contributed by atoms with Crippen molar-refractivity contribution in [1.82, 2.24) is 0 Å². The van der Waals surface area contributed by atoms with Crippen LogP contribution in [0.3, 0.4) is 0 Å². The summed E-state index contributed by atoms with van der Waals surface area (Å²) in [6.45, 7) is -0.590. The molecule has 0 N–H and O–H groups in total. The highest BCUT2D eigenvalue weighted by molar-refractivity contribution is 7.92. The van der Waals surface area contributed by atoms with Crippen LogP contribution in [0, 0.1) is 5.82 Å². The van der Waals surface area contributed by atoms with E-state index in [1.54, 1.807) is 0 Å². The topological polar surface area (TPSA) is 63.7 Å². The second-order valence-corrected chi connectivity index (χ2v) is 7.40. The smallest absolute Gasteiger partial charge is 0.326 e. The molecule has 2 aromatic carbocycles. The summed E-state index contributed by atoms with van der Waals surface area (Å²) in [5.74, 6) is -1.36. The monoisotopic (exact) mass is 391 g/mol. The maximum absolute atomic E-state index is 13.1. The van der Waals surface area contributed by atoms with E-state index in [0.717, 1.165) is 35.7 Å². The highest BCUT2D eigenvalue weighted by Crippen LogP contribution is 2.29. The summed E-state index contributed by atoms with van der Waals surface area (Å²) in [4.78, 5) is 11.5. The largest absolute Gasteiger partial charge is 0.468 e. The summed E-state index contributed by atoms with van der Waals surface area (Å²) < 4.78 is 44.0. The number of hydrogen-bond acceptors (Lipinski definition) is 4. The number of methoxy groups -OCH3 is 1. The number of carbonyl (C=O) groups is 1. The molecule has 0 amide bonds. The van der Waals surface area contributed by atoms with E-state index in [-0.39, 0.29) is 20.6 Å². The fourth-order valence-corrected chi connectivity index (χ4v) is 3.82. The van der Waals surface area contributed by atoms with Gasteiger partial charge in [-0.05, 0) is 42.5 Å². The van der Waals surface area contributed by atoms with Crippen molar-refractivity contribution in [2.75, 3.05) is 18.0 Å². The van der Waals surface area contributed by atoms with Gasteiger partial charge in [-0.3, -0.25) is 9.10 Å². The van der Waals surface area contributed by atoms with Gasteiger partial charge in [0.1, 0.15) is 12.4 Å². The predicted molar refractivity (Wildman–Crippen MR) is 89.4 cm³/mol. The highest BCUT2D eigenvalue weighted by Gasteiger charge is 2.28. The first-order chi connectivity index (χ1) is 11.2. The average molecular weight is 392 g/mol. The molecule has 24 heavy (non-hydrogen) atoms. The molecule has 0 aromatic heterocycles. The number of ether oxygens (including phenoxy) is 1. The molecular weight excluding hydrogens is 380 g/mol. The van der Waals surface area contributed by atoms with Crippen LogP contribution in [0.1, 0.15) is 0 Å². The summed E-state index contributed by atoms with van der Waals surface area (Å²) in [6, 6.07) is 8.33. The lowest BCUT2D eigenvalue weighted by atomic mass is 10.3. The van der Waals surface area contributed by atoms with Crippen LogP contribution >= 0.6 is 23.2 Å². The lowest BCUT2D eigenvalue weighted by molar-refractivity contribution is -0.138. The summed E-state index contributed by atoms with van der Waals surface area (Å²) in [7, 11) is -3.03. The normalized spacial score (nSPS) is 11.2. The van der Waals surface area contributed by atoms with Crippen LogP contribution in [-0.2, 0) is 19.6 Å². The van der Waals surface area contributed by atoms with E-state index in [4.69, 9.17) is 23.2 Å². The molecule has 0 bridgehead atoms. The maximum atomic E-state index is 13.1. The van der Waals surface area contributed by atoms with Gasteiger partial charge in [0.2, 0.25) is 0 Å². The van der Waals surface area contributed by atoms with Gasteiger partial charge in [0, 0.05) is 10.0 Å². The Hall–Kier alpha value is -1.83. The number of benzene rings is 2. The van der Waals surface area contributed by atoms with Gasteiger partial charge in [-0.1, -0.05) is 23.2 Å². The Kier molecular flexibility index (Phi) is 5.69. The second-order valence-electron chi connectivity index (χ2n) is 4.67. The molecule has 0 unspecified atom stereocenters. The van der Waals surface area contributed by atoms with Crippen LogP contribution in [0.25, 0.3) is 0 Å². The van der Waals surface area contributed by atoms with E-state index in [0.29, 0.717) is 0 Å². The quantitative estimate of drug-likeness (QED) is 0.731. The van der Waals surface area contributed by atoms with Gasteiger partial charge < -0.3 is 4.74 Å². The maximum Gasteiger partial charge on any atom is 0.326 e. The van der Waals surface area contributed by atoms with E-state index in [1.807, 2.05) is 0 Å². The number of sulfonamides is 1. The van der Waals surface area contributed by atoms with Crippen LogP contribution in [0.5, 0.6) is 0 Å². The fraction of sp³-hybridized carbons (Fsp3) is 0.133. The molecule has 0 aliphatic carbocycles. The van der Waals surface area contributed by atoms with E-state index in [1.165, 1.54) is 18.2 Å². The lowest BCUT2D eigenvalue weighted by Crippen LogP contribution is -2.36. The molecule has 2 aromatic rings. The van der Waals surface area contributed by atoms with Crippen molar-refractivity contribution < 1.29 is 22.3 Å². The summed E-state index contributed by atoms with van der Waals surface area (Å²) in [5, 5.41) is 0.392. The molecule has 0 fully saturated rings. The third-order valence-corrected chi connectivity index (χ3v) is 5.26. The summed E-state index contributed by atoms with van der Waals surface area (Å²) in [5.41, 5.74) is 0.0854. The minimum absolute atomic E-state index is 0.0854. The fourth-order valence-electron chi connectivity index (χ4n) is 1.91. The van der Waals surface area contributed by atoms with Crippen LogP contribution in [-0.4, -0.2) is 28.0 Å². The number of rotatable bonds is 5.